The summed E-state index contributed by atoms with van der Waals surface area (Å²) >= 11 is 0. The first kappa shape index (κ1) is 20.5. The number of benzene rings is 2. The minimum atomic E-state index is -0.561. The van der Waals surface area contributed by atoms with E-state index in [0.29, 0.717) is 13.2 Å². The Balaban J connectivity index is 1.46. The molecule has 1 atom stereocenters. The number of hydrogen-bond donors (Lipinski definition) is 1. The lowest BCUT2D eigenvalue weighted by Crippen LogP contribution is -2.34. The first-order valence-electron chi connectivity index (χ1n) is 10.2. The van der Waals surface area contributed by atoms with Gasteiger partial charge in [0.1, 0.15) is 6.10 Å². The molecule has 2 heterocycles. The van der Waals surface area contributed by atoms with Crippen LogP contribution in [0.5, 0.6) is 0 Å². The summed E-state index contributed by atoms with van der Waals surface area (Å²) in [6.45, 7) is 2.50. The van der Waals surface area contributed by atoms with Crippen LogP contribution in [0.15, 0.2) is 91.4 Å². The average molecular weight is 412 g/mol. The van der Waals surface area contributed by atoms with Crippen LogP contribution in [-0.2, 0) is 22.7 Å². The zero-order valence-corrected chi connectivity index (χ0v) is 17.3. The third-order valence-electron chi connectivity index (χ3n) is 4.93. The van der Waals surface area contributed by atoms with E-state index in [2.05, 4.69) is 10.3 Å². The van der Waals surface area contributed by atoms with Gasteiger partial charge in [0.15, 0.2) is 0 Å². The van der Waals surface area contributed by atoms with Crippen LogP contribution < -0.4 is 5.32 Å². The number of nitrogens with one attached hydrogen (secondary N) is 1. The number of nitrogens with zero attached hydrogens (tertiary/aromatic N) is 3. The summed E-state index contributed by atoms with van der Waals surface area (Å²) in [5.41, 5.74) is 4.66. The summed E-state index contributed by atoms with van der Waals surface area (Å²) in [5.74, 6) is -0.163. The van der Waals surface area contributed by atoms with Gasteiger partial charge in [0.05, 0.1) is 18.0 Å². The summed E-state index contributed by atoms with van der Waals surface area (Å²) in [5, 5.41) is 7.73. The monoisotopic (exact) mass is 412 g/mol. The molecular weight excluding hydrogens is 388 g/mol. The van der Waals surface area contributed by atoms with Gasteiger partial charge in [-0.15, -0.1) is 0 Å². The van der Waals surface area contributed by atoms with E-state index in [1.807, 2.05) is 83.7 Å². The zero-order valence-electron chi connectivity index (χ0n) is 17.3. The van der Waals surface area contributed by atoms with Gasteiger partial charge in [-0.25, -0.2) is 4.68 Å². The molecule has 4 aromatic rings. The molecule has 2 aromatic carbocycles. The van der Waals surface area contributed by atoms with Crippen molar-refractivity contribution in [1.29, 1.82) is 0 Å². The summed E-state index contributed by atoms with van der Waals surface area (Å²) in [6, 6.07) is 23.5. The number of pyridine rings is 1. The van der Waals surface area contributed by atoms with Gasteiger partial charge >= 0.3 is 0 Å². The number of rotatable bonds is 8. The molecule has 156 valence electrons. The quantitative estimate of drug-likeness (QED) is 0.472. The second-order valence-electron chi connectivity index (χ2n) is 7.18. The molecule has 6 heteroatoms. The number of hydrogen-bond acceptors (Lipinski definition) is 4. The van der Waals surface area contributed by atoms with E-state index in [4.69, 9.17) is 9.84 Å². The Kier molecular flexibility index (Phi) is 6.50. The molecule has 0 aliphatic carbocycles. The van der Waals surface area contributed by atoms with Crippen molar-refractivity contribution >= 4 is 5.91 Å². The van der Waals surface area contributed by atoms with E-state index in [1.54, 1.807) is 19.3 Å². The Hall–Kier alpha value is -3.77. The first-order valence-corrected chi connectivity index (χ1v) is 10.2. The van der Waals surface area contributed by atoms with Crippen LogP contribution in [0.2, 0.25) is 0 Å². The predicted octanol–water partition coefficient (Wildman–Crippen LogP) is 4.16. The smallest absolute Gasteiger partial charge is 0.249 e. The van der Waals surface area contributed by atoms with Crippen molar-refractivity contribution < 1.29 is 9.53 Å². The molecule has 0 aliphatic heterocycles. The molecule has 1 amide bonds. The molecule has 0 bridgehead atoms. The molecule has 0 spiro atoms. The Labute approximate surface area is 181 Å². The zero-order chi connectivity index (χ0) is 21.5. The van der Waals surface area contributed by atoms with Crippen LogP contribution in [0.1, 0.15) is 18.1 Å². The Bertz CT molecular complexity index is 1110. The van der Waals surface area contributed by atoms with Gasteiger partial charge in [-0.1, -0.05) is 48.5 Å². The highest BCUT2D eigenvalue weighted by Crippen LogP contribution is 2.23. The molecule has 6 nitrogen and oxygen atoms in total. The number of ether oxygens (including phenoxy) is 1. The molecule has 0 radical (unpaired) electrons. The molecule has 31 heavy (non-hydrogen) atoms. The van der Waals surface area contributed by atoms with Crippen molar-refractivity contribution in [3.8, 4) is 16.9 Å². The van der Waals surface area contributed by atoms with Crippen LogP contribution in [0, 0.1) is 0 Å². The van der Waals surface area contributed by atoms with Crippen molar-refractivity contribution in [3.63, 3.8) is 0 Å². The van der Waals surface area contributed by atoms with Gasteiger partial charge < -0.3 is 10.1 Å². The summed E-state index contributed by atoms with van der Waals surface area (Å²) in [7, 11) is 0. The molecule has 0 aliphatic rings. The molecule has 0 saturated carbocycles. The molecule has 0 fully saturated rings. The lowest BCUT2D eigenvalue weighted by molar-refractivity contribution is -0.132. The highest BCUT2D eigenvalue weighted by molar-refractivity contribution is 5.80. The normalized spacial score (nSPS) is 11.8. The van der Waals surface area contributed by atoms with Crippen molar-refractivity contribution in [2.75, 3.05) is 0 Å². The van der Waals surface area contributed by atoms with Crippen LogP contribution in [0.3, 0.4) is 0 Å². The highest BCUT2D eigenvalue weighted by Gasteiger charge is 2.17. The average Bonchev–Trinajstić information content (AvgIpc) is 3.27. The SMILES string of the molecule is CC(OCc1ccccc1)C(=O)NCc1cn(-c2ccccc2)nc1-c1ccncc1. The van der Waals surface area contributed by atoms with Crippen molar-refractivity contribution in [2.45, 2.75) is 26.2 Å². The fourth-order valence-corrected chi connectivity index (χ4v) is 3.20. The molecule has 2 aromatic heterocycles. The number of para-hydroxylation sites is 1. The fourth-order valence-electron chi connectivity index (χ4n) is 3.20. The van der Waals surface area contributed by atoms with E-state index < -0.39 is 6.10 Å². The summed E-state index contributed by atoms with van der Waals surface area (Å²) in [4.78, 5) is 16.7. The van der Waals surface area contributed by atoms with Gasteiger partial charge in [0.2, 0.25) is 5.91 Å². The number of amides is 1. The topological polar surface area (TPSA) is 69.0 Å². The van der Waals surface area contributed by atoms with E-state index in [9.17, 15) is 4.79 Å². The van der Waals surface area contributed by atoms with Crippen molar-refractivity contribution in [2.24, 2.45) is 0 Å². The van der Waals surface area contributed by atoms with Gasteiger partial charge in [-0.3, -0.25) is 9.78 Å². The molecular formula is C25H24N4O2. The number of aromatic nitrogens is 3. The predicted molar refractivity (Wildman–Crippen MR) is 119 cm³/mol. The summed E-state index contributed by atoms with van der Waals surface area (Å²) < 4.78 is 7.55. The Morgan fingerprint density at radius 1 is 1.00 bits per heavy atom. The standard InChI is InChI=1S/C25H24N4O2/c1-19(31-18-20-8-4-2-5-9-20)25(30)27-16-22-17-29(23-10-6-3-7-11-23)28-24(22)21-12-14-26-15-13-21/h2-15,17,19H,16,18H2,1H3,(H,27,30). The third-order valence-corrected chi connectivity index (χ3v) is 4.93. The van der Waals surface area contributed by atoms with Crippen LogP contribution >= 0.6 is 0 Å². The Morgan fingerprint density at radius 3 is 2.39 bits per heavy atom. The lowest BCUT2D eigenvalue weighted by Gasteiger charge is -2.13. The van der Waals surface area contributed by atoms with Crippen LogP contribution in [0.25, 0.3) is 16.9 Å². The van der Waals surface area contributed by atoms with Gasteiger partial charge in [-0.05, 0) is 36.8 Å². The second-order valence-corrected chi connectivity index (χ2v) is 7.18. The van der Waals surface area contributed by atoms with E-state index >= 15 is 0 Å². The minimum absolute atomic E-state index is 0.163. The van der Waals surface area contributed by atoms with Gasteiger partial charge in [0, 0.05) is 36.3 Å². The van der Waals surface area contributed by atoms with E-state index in [0.717, 1.165) is 28.1 Å². The second kappa shape index (κ2) is 9.82. The molecule has 4 rings (SSSR count). The first-order chi connectivity index (χ1) is 15.2. The maximum Gasteiger partial charge on any atom is 0.249 e. The van der Waals surface area contributed by atoms with Gasteiger partial charge in [0.25, 0.3) is 0 Å². The number of carbonyl (C=O) groups is 1. The van der Waals surface area contributed by atoms with Crippen molar-refractivity contribution in [1.82, 2.24) is 20.1 Å². The van der Waals surface area contributed by atoms with Crippen LogP contribution in [0.4, 0.5) is 0 Å². The van der Waals surface area contributed by atoms with E-state index in [1.165, 1.54) is 0 Å². The highest BCUT2D eigenvalue weighted by atomic mass is 16.5. The van der Waals surface area contributed by atoms with Gasteiger partial charge in [-0.2, -0.15) is 5.10 Å². The van der Waals surface area contributed by atoms with Crippen LogP contribution in [-0.4, -0.2) is 26.8 Å². The largest absolute Gasteiger partial charge is 0.364 e. The maximum atomic E-state index is 12.6. The maximum absolute atomic E-state index is 12.6. The summed E-state index contributed by atoms with van der Waals surface area (Å²) in [6.07, 6.45) is 4.85. The van der Waals surface area contributed by atoms with Crippen molar-refractivity contribution in [3.05, 3.63) is 103 Å². The fraction of sp³-hybridized carbons (Fsp3) is 0.160. The lowest BCUT2D eigenvalue weighted by atomic mass is 10.1. The third kappa shape index (κ3) is 5.24. The van der Waals surface area contributed by atoms with E-state index in [-0.39, 0.29) is 5.91 Å². The minimum Gasteiger partial charge on any atom is -0.364 e. The molecule has 1 unspecified atom stereocenters. The number of carbonyl (C=O) groups excluding carboxylic acids is 1. The Morgan fingerprint density at radius 2 is 1.68 bits per heavy atom. The molecule has 1 N–H and O–H groups in total. The molecule has 0 saturated heterocycles.